The number of esters is 1. The predicted octanol–water partition coefficient (Wildman–Crippen LogP) is 3.91. The Balaban J connectivity index is 1.65. The third-order valence-electron chi connectivity index (χ3n) is 5.09. The van der Waals surface area contributed by atoms with Gasteiger partial charge in [-0.25, -0.2) is 9.48 Å². The fraction of sp³-hybridized carbons (Fsp3) is 0.261. The molecule has 0 radical (unpaired) electrons. The molecule has 1 aliphatic heterocycles. The first-order valence-electron chi connectivity index (χ1n) is 9.53. The van der Waals surface area contributed by atoms with Gasteiger partial charge >= 0.3 is 5.97 Å². The number of aromatic nitrogens is 2. The van der Waals surface area contributed by atoms with Gasteiger partial charge in [0.05, 0.1) is 16.9 Å². The highest BCUT2D eigenvalue weighted by Gasteiger charge is 2.43. The van der Waals surface area contributed by atoms with Crippen LogP contribution in [0.4, 0.5) is 5.82 Å². The van der Waals surface area contributed by atoms with E-state index in [2.05, 4.69) is 16.5 Å². The lowest BCUT2D eigenvalue weighted by molar-refractivity contribution is -0.134. The van der Waals surface area contributed by atoms with Crippen LogP contribution in [-0.4, -0.2) is 27.3 Å². The number of hydrogen-bond donors (Lipinski definition) is 1. The van der Waals surface area contributed by atoms with E-state index in [-0.39, 0.29) is 5.91 Å². The van der Waals surface area contributed by atoms with Crippen LogP contribution in [0, 0.1) is 20.8 Å². The zero-order chi connectivity index (χ0) is 20.8. The van der Waals surface area contributed by atoms with Crippen molar-refractivity contribution < 1.29 is 14.3 Å². The Bertz CT molecular complexity index is 1110. The Kier molecular flexibility index (Phi) is 4.49. The van der Waals surface area contributed by atoms with Gasteiger partial charge < -0.3 is 10.1 Å². The Morgan fingerprint density at radius 2 is 1.79 bits per heavy atom. The lowest BCUT2D eigenvalue weighted by atomic mass is 9.89. The molecule has 0 spiro atoms. The highest BCUT2D eigenvalue weighted by molar-refractivity contribution is 6.02. The van der Waals surface area contributed by atoms with Gasteiger partial charge in [0.2, 0.25) is 0 Å². The lowest BCUT2D eigenvalue weighted by Gasteiger charge is -2.33. The summed E-state index contributed by atoms with van der Waals surface area (Å²) in [5.41, 5.74) is 3.87. The van der Waals surface area contributed by atoms with Gasteiger partial charge in [0, 0.05) is 12.5 Å². The van der Waals surface area contributed by atoms with Crippen molar-refractivity contribution in [2.75, 3.05) is 5.32 Å². The first-order chi connectivity index (χ1) is 13.7. The van der Waals surface area contributed by atoms with Gasteiger partial charge in [-0.05, 0) is 62.6 Å². The minimum Gasteiger partial charge on any atom is -0.445 e. The van der Waals surface area contributed by atoms with Gasteiger partial charge in [-0.3, -0.25) is 4.79 Å². The largest absolute Gasteiger partial charge is 0.445 e. The van der Waals surface area contributed by atoms with Crippen LogP contribution in [0.1, 0.15) is 39.7 Å². The second kappa shape index (κ2) is 6.88. The molecule has 6 heteroatoms. The van der Waals surface area contributed by atoms with E-state index in [4.69, 9.17) is 4.74 Å². The van der Waals surface area contributed by atoms with Crippen molar-refractivity contribution in [1.29, 1.82) is 0 Å². The Morgan fingerprint density at radius 1 is 1.10 bits per heavy atom. The third-order valence-corrected chi connectivity index (χ3v) is 5.09. The number of rotatable bonds is 3. The van der Waals surface area contributed by atoms with E-state index in [9.17, 15) is 9.59 Å². The van der Waals surface area contributed by atoms with Gasteiger partial charge in [0.25, 0.3) is 5.91 Å². The molecule has 0 saturated heterocycles. The van der Waals surface area contributed by atoms with Gasteiger partial charge in [-0.2, -0.15) is 5.10 Å². The Morgan fingerprint density at radius 3 is 2.52 bits per heavy atom. The summed E-state index contributed by atoms with van der Waals surface area (Å²) in [4.78, 5) is 25.5. The summed E-state index contributed by atoms with van der Waals surface area (Å²) in [5, 5.41) is 7.44. The van der Waals surface area contributed by atoms with E-state index in [0.717, 1.165) is 28.1 Å². The molecule has 4 rings (SSSR count). The van der Waals surface area contributed by atoms with Crippen LogP contribution in [0.2, 0.25) is 0 Å². The summed E-state index contributed by atoms with van der Waals surface area (Å²) in [6.07, 6.45) is 0.317. The molecule has 0 saturated carbocycles. The van der Waals surface area contributed by atoms with E-state index >= 15 is 0 Å². The molecule has 1 unspecified atom stereocenters. The van der Waals surface area contributed by atoms with Gasteiger partial charge in [-0.15, -0.1) is 0 Å². The third kappa shape index (κ3) is 3.53. The van der Waals surface area contributed by atoms with E-state index in [1.807, 2.05) is 45.0 Å². The maximum atomic E-state index is 13.1. The number of hydrogen-bond acceptors (Lipinski definition) is 4. The second-order valence-electron chi connectivity index (χ2n) is 7.84. The summed E-state index contributed by atoms with van der Waals surface area (Å²) >= 11 is 0. The van der Waals surface area contributed by atoms with Crippen molar-refractivity contribution in [2.45, 2.75) is 39.7 Å². The molecule has 1 atom stereocenters. The van der Waals surface area contributed by atoms with Crippen LogP contribution >= 0.6 is 0 Å². The number of nitrogens with one attached hydrogen (secondary N) is 1. The number of benzene rings is 2. The molecule has 0 fully saturated rings. The first-order valence-corrected chi connectivity index (χ1v) is 9.53. The van der Waals surface area contributed by atoms with Crippen LogP contribution in [0.15, 0.2) is 48.5 Å². The second-order valence-corrected chi connectivity index (χ2v) is 7.84. The molecule has 1 amide bonds. The predicted molar refractivity (Wildman–Crippen MR) is 110 cm³/mol. The summed E-state index contributed by atoms with van der Waals surface area (Å²) in [6.45, 7) is 7.55. The van der Waals surface area contributed by atoms with Crippen molar-refractivity contribution >= 4 is 17.7 Å². The molecular formula is C23H23N3O3. The molecule has 29 heavy (non-hydrogen) atoms. The Hall–Kier alpha value is -3.41. The summed E-state index contributed by atoms with van der Waals surface area (Å²) < 4.78 is 7.25. The summed E-state index contributed by atoms with van der Waals surface area (Å²) in [7, 11) is 0. The van der Waals surface area contributed by atoms with Crippen LogP contribution in [0.5, 0.6) is 0 Å². The minimum atomic E-state index is -1.29. The highest BCUT2D eigenvalue weighted by Crippen LogP contribution is 2.30. The highest BCUT2D eigenvalue weighted by atomic mass is 16.6. The standard InChI is InChI=1S/C23H23N3O3/c1-14-9-15(2)11-18(10-14)26-20(12-16(3)25-26)24-22(28)23(4)13-17-7-5-6-8-19(17)21(27)29-23/h5-12H,13H2,1-4H3,(H,24,28). The van der Waals surface area contributed by atoms with E-state index < -0.39 is 11.6 Å². The fourth-order valence-corrected chi connectivity index (χ4v) is 3.77. The van der Waals surface area contributed by atoms with Crippen LogP contribution in [0.3, 0.4) is 0 Å². The quantitative estimate of drug-likeness (QED) is 0.690. The molecule has 6 nitrogen and oxygen atoms in total. The molecule has 0 aliphatic carbocycles. The molecule has 2 heterocycles. The molecule has 148 valence electrons. The van der Waals surface area contributed by atoms with Crippen molar-refractivity contribution in [3.05, 3.63) is 76.5 Å². The maximum absolute atomic E-state index is 13.1. The van der Waals surface area contributed by atoms with Crippen LogP contribution < -0.4 is 5.32 Å². The number of nitrogens with zero attached hydrogens (tertiary/aromatic N) is 2. The molecule has 1 aromatic heterocycles. The smallest absolute Gasteiger partial charge is 0.339 e. The van der Waals surface area contributed by atoms with Crippen molar-refractivity contribution in [2.24, 2.45) is 0 Å². The fourth-order valence-electron chi connectivity index (χ4n) is 3.77. The minimum absolute atomic E-state index is 0.317. The van der Waals surface area contributed by atoms with Crippen LogP contribution in [0.25, 0.3) is 5.69 Å². The number of anilines is 1. The number of aryl methyl sites for hydroxylation is 3. The molecule has 2 aromatic carbocycles. The normalized spacial score (nSPS) is 18.1. The van der Waals surface area contributed by atoms with Gasteiger partial charge in [0.15, 0.2) is 5.60 Å². The maximum Gasteiger partial charge on any atom is 0.339 e. The summed E-state index contributed by atoms with van der Waals surface area (Å²) in [6, 6.07) is 15.1. The molecule has 1 N–H and O–H groups in total. The zero-order valence-electron chi connectivity index (χ0n) is 16.9. The molecule has 0 bridgehead atoms. The topological polar surface area (TPSA) is 73.2 Å². The Labute approximate surface area is 169 Å². The number of carbonyl (C=O) groups excluding carboxylic acids is 2. The SMILES string of the molecule is Cc1cc(C)cc(-n2nc(C)cc2NC(=O)C2(C)Cc3ccccc3C(=O)O2)c1. The van der Waals surface area contributed by atoms with Crippen LogP contribution in [-0.2, 0) is 16.0 Å². The van der Waals surface area contributed by atoms with E-state index in [0.29, 0.717) is 17.8 Å². The van der Waals surface area contributed by atoms with E-state index in [1.165, 1.54) is 0 Å². The molecule has 1 aliphatic rings. The monoisotopic (exact) mass is 389 g/mol. The van der Waals surface area contributed by atoms with Gasteiger partial charge in [0.1, 0.15) is 5.82 Å². The molecular weight excluding hydrogens is 366 g/mol. The van der Waals surface area contributed by atoms with Crippen molar-refractivity contribution in [3.63, 3.8) is 0 Å². The first kappa shape index (κ1) is 18.9. The lowest BCUT2D eigenvalue weighted by Crippen LogP contribution is -2.49. The molecule has 3 aromatic rings. The average Bonchev–Trinajstić information content (AvgIpc) is 3.01. The number of ether oxygens (including phenoxy) is 1. The number of carbonyl (C=O) groups is 2. The summed E-state index contributed by atoms with van der Waals surface area (Å²) in [5.74, 6) is -0.331. The van der Waals surface area contributed by atoms with E-state index in [1.54, 1.807) is 29.8 Å². The van der Waals surface area contributed by atoms with Crippen molar-refractivity contribution in [3.8, 4) is 5.69 Å². The van der Waals surface area contributed by atoms with Gasteiger partial charge in [-0.1, -0.05) is 24.3 Å². The number of amides is 1. The number of cyclic esters (lactones) is 1. The van der Waals surface area contributed by atoms with Crippen molar-refractivity contribution in [1.82, 2.24) is 9.78 Å². The number of fused-ring (bicyclic) bond motifs is 1. The average molecular weight is 389 g/mol. The zero-order valence-corrected chi connectivity index (χ0v) is 16.9.